The molecule has 1 saturated carbocycles. The van der Waals surface area contributed by atoms with Gasteiger partial charge in [0.15, 0.2) is 0 Å². The molecule has 96 valence electrons. The number of thiazole rings is 1. The first kappa shape index (κ1) is 13.0. The zero-order valence-electron chi connectivity index (χ0n) is 11.1. The molecule has 3 heteroatoms. The number of aromatic nitrogens is 1. The van der Waals surface area contributed by atoms with E-state index in [-0.39, 0.29) is 0 Å². The van der Waals surface area contributed by atoms with Gasteiger partial charge in [0.2, 0.25) is 0 Å². The summed E-state index contributed by atoms with van der Waals surface area (Å²) in [5.74, 6) is 0. The molecule has 2 nitrogen and oxygen atoms in total. The van der Waals surface area contributed by atoms with Gasteiger partial charge in [-0.3, -0.25) is 0 Å². The molecule has 1 N–H and O–H groups in total. The minimum Gasteiger partial charge on any atom is -0.316 e. The molecule has 1 aliphatic carbocycles. The Kier molecular flexibility index (Phi) is 4.57. The fourth-order valence-electron chi connectivity index (χ4n) is 2.90. The largest absolute Gasteiger partial charge is 0.316 e. The molecular weight excluding hydrogens is 228 g/mol. The summed E-state index contributed by atoms with van der Waals surface area (Å²) < 4.78 is 0. The Balaban J connectivity index is 1.71. The molecule has 1 aliphatic rings. The van der Waals surface area contributed by atoms with Crippen LogP contribution in [0.3, 0.4) is 0 Å². The van der Waals surface area contributed by atoms with E-state index in [9.17, 15) is 0 Å². The fraction of sp³-hybridized carbons (Fsp3) is 0.786. The molecule has 1 heterocycles. The maximum absolute atomic E-state index is 4.29. The van der Waals surface area contributed by atoms with Crippen molar-refractivity contribution < 1.29 is 0 Å². The molecule has 0 unspecified atom stereocenters. The maximum Gasteiger partial charge on any atom is 0.0797 e. The second-order valence-electron chi connectivity index (χ2n) is 5.35. The van der Waals surface area contributed by atoms with Gasteiger partial charge in [-0.05, 0) is 38.0 Å². The summed E-state index contributed by atoms with van der Waals surface area (Å²) in [7, 11) is 0. The minimum absolute atomic E-state index is 0.614. The standard InChI is InChI=1S/C14H24N2S/c1-3-14(7-4-5-8-14)10-15-9-6-13-12(2)16-11-17-13/h11,15H,3-10H2,1-2H3. The fourth-order valence-corrected chi connectivity index (χ4v) is 3.68. The molecule has 0 atom stereocenters. The average Bonchev–Trinajstić information content (AvgIpc) is 2.95. The molecule has 0 aromatic carbocycles. The highest BCUT2D eigenvalue weighted by Gasteiger charge is 2.31. The summed E-state index contributed by atoms with van der Waals surface area (Å²) in [5, 5.41) is 3.66. The third-order valence-electron chi connectivity index (χ3n) is 4.29. The molecule has 17 heavy (non-hydrogen) atoms. The predicted octanol–water partition coefficient (Wildman–Crippen LogP) is 3.55. The van der Waals surface area contributed by atoms with E-state index in [1.165, 1.54) is 49.2 Å². The van der Waals surface area contributed by atoms with E-state index in [1.807, 2.05) is 5.51 Å². The Morgan fingerprint density at radius 3 is 2.76 bits per heavy atom. The Morgan fingerprint density at radius 1 is 1.41 bits per heavy atom. The molecular formula is C14H24N2S. The average molecular weight is 252 g/mol. The highest BCUT2D eigenvalue weighted by atomic mass is 32.1. The highest BCUT2D eigenvalue weighted by molar-refractivity contribution is 7.09. The van der Waals surface area contributed by atoms with E-state index < -0.39 is 0 Å². The van der Waals surface area contributed by atoms with Crippen LogP contribution in [-0.2, 0) is 6.42 Å². The summed E-state index contributed by atoms with van der Waals surface area (Å²) in [6, 6.07) is 0. The smallest absolute Gasteiger partial charge is 0.0797 e. The summed E-state index contributed by atoms with van der Waals surface area (Å²) in [4.78, 5) is 5.73. The zero-order chi connectivity index (χ0) is 12.1. The monoisotopic (exact) mass is 252 g/mol. The van der Waals surface area contributed by atoms with Crippen LogP contribution in [0.1, 0.15) is 49.6 Å². The topological polar surface area (TPSA) is 24.9 Å². The van der Waals surface area contributed by atoms with Gasteiger partial charge in [0.25, 0.3) is 0 Å². The van der Waals surface area contributed by atoms with Crippen LogP contribution in [0.15, 0.2) is 5.51 Å². The first-order valence-corrected chi connectivity index (χ1v) is 7.73. The second-order valence-corrected chi connectivity index (χ2v) is 6.29. The van der Waals surface area contributed by atoms with Crippen LogP contribution in [0.4, 0.5) is 0 Å². The quantitative estimate of drug-likeness (QED) is 0.783. The van der Waals surface area contributed by atoms with Crippen LogP contribution in [0.5, 0.6) is 0 Å². The summed E-state index contributed by atoms with van der Waals surface area (Å²) in [6.45, 7) is 6.77. The van der Waals surface area contributed by atoms with Crippen molar-refractivity contribution in [2.75, 3.05) is 13.1 Å². The van der Waals surface area contributed by atoms with Crippen LogP contribution in [-0.4, -0.2) is 18.1 Å². The van der Waals surface area contributed by atoms with Crippen LogP contribution in [0.2, 0.25) is 0 Å². The third kappa shape index (κ3) is 3.29. The molecule has 0 radical (unpaired) electrons. The van der Waals surface area contributed by atoms with Crippen LogP contribution in [0, 0.1) is 12.3 Å². The predicted molar refractivity (Wildman–Crippen MR) is 74.6 cm³/mol. The van der Waals surface area contributed by atoms with E-state index in [2.05, 4.69) is 24.1 Å². The van der Waals surface area contributed by atoms with Gasteiger partial charge < -0.3 is 5.32 Å². The van der Waals surface area contributed by atoms with Gasteiger partial charge in [-0.25, -0.2) is 4.98 Å². The summed E-state index contributed by atoms with van der Waals surface area (Å²) in [5.41, 5.74) is 3.78. The van der Waals surface area contributed by atoms with Gasteiger partial charge in [-0.15, -0.1) is 11.3 Å². The van der Waals surface area contributed by atoms with Gasteiger partial charge >= 0.3 is 0 Å². The van der Waals surface area contributed by atoms with E-state index in [1.54, 1.807) is 11.3 Å². The van der Waals surface area contributed by atoms with Gasteiger partial charge in [-0.2, -0.15) is 0 Å². The van der Waals surface area contributed by atoms with E-state index >= 15 is 0 Å². The van der Waals surface area contributed by atoms with Crippen molar-refractivity contribution in [3.05, 3.63) is 16.1 Å². The van der Waals surface area contributed by atoms with Gasteiger partial charge in [0.05, 0.1) is 11.2 Å². The number of aryl methyl sites for hydroxylation is 1. The lowest BCUT2D eigenvalue weighted by Crippen LogP contribution is -2.32. The Bertz CT molecular complexity index is 340. The van der Waals surface area contributed by atoms with Gasteiger partial charge in [-0.1, -0.05) is 19.8 Å². The number of nitrogens with one attached hydrogen (secondary N) is 1. The highest BCUT2D eigenvalue weighted by Crippen LogP contribution is 2.40. The summed E-state index contributed by atoms with van der Waals surface area (Å²) >= 11 is 1.79. The summed E-state index contributed by atoms with van der Waals surface area (Å²) in [6.07, 6.45) is 8.19. The molecule has 1 aromatic rings. The Hall–Kier alpha value is -0.410. The third-order valence-corrected chi connectivity index (χ3v) is 5.28. The van der Waals surface area contributed by atoms with Crippen molar-refractivity contribution in [2.45, 2.75) is 52.4 Å². The lowest BCUT2D eigenvalue weighted by molar-refractivity contribution is 0.270. The number of hydrogen-bond acceptors (Lipinski definition) is 3. The van der Waals surface area contributed by atoms with Crippen LogP contribution >= 0.6 is 11.3 Å². The second kappa shape index (κ2) is 5.96. The van der Waals surface area contributed by atoms with E-state index in [4.69, 9.17) is 0 Å². The van der Waals surface area contributed by atoms with Crippen molar-refractivity contribution in [3.63, 3.8) is 0 Å². The van der Waals surface area contributed by atoms with Crippen molar-refractivity contribution >= 4 is 11.3 Å². The maximum atomic E-state index is 4.29. The van der Waals surface area contributed by atoms with Gasteiger partial charge in [0, 0.05) is 18.0 Å². The van der Waals surface area contributed by atoms with Gasteiger partial charge in [0.1, 0.15) is 0 Å². The molecule has 2 rings (SSSR count). The normalized spacial score (nSPS) is 18.7. The molecule has 0 saturated heterocycles. The molecule has 0 spiro atoms. The Labute approximate surface area is 109 Å². The van der Waals surface area contributed by atoms with Crippen molar-refractivity contribution in [1.29, 1.82) is 0 Å². The van der Waals surface area contributed by atoms with Crippen molar-refractivity contribution in [1.82, 2.24) is 10.3 Å². The number of rotatable bonds is 6. The van der Waals surface area contributed by atoms with E-state index in [0.29, 0.717) is 5.41 Å². The van der Waals surface area contributed by atoms with Crippen molar-refractivity contribution in [2.24, 2.45) is 5.41 Å². The lowest BCUT2D eigenvalue weighted by atomic mass is 9.83. The number of hydrogen-bond donors (Lipinski definition) is 1. The lowest BCUT2D eigenvalue weighted by Gasteiger charge is -2.27. The SMILES string of the molecule is CCC1(CNCCc2scnc2C)CCCC1. The van der Waals surface area contributed by atoms with E-state index in [0.717, 1.165) is 13.0 Å². The molecule has 1 fully saturated rings. The van der Waals surface area contributed by atoms with Crippen LogP contribution < -0.4 is 5.32 Å². The molecule has 0 amide bonds. The Morgan fingerprint density at radius 2 is 2.18 bits per heavy atom. The van der Waals surface area contributed by atoms with Crippen LogP contribution in [0.25, 0.3) is 0 Å². The van der Waals surface area contributed by atoms with Crippen molar-refractivity contribution in [3.8, 4) is 0 Å². The zero-order valence-corrected chi connectivity index (χ0v) is 11.9. The first-order valence-electron chi connectivity index (χ1n) is 6.85. The molecule has 0 bridgehead atoms. The molecule has 1 aromatic heterocycles. The molecule has 0 aliphatic heterocycles. The number of nitrogens with zero attached hydrogens (tertiary/aromatic N) is 1. The first-order chi connectivity index (χ1) is 8.26. The minimum atomic E-state index is 0.614.